The lowest BCUT2D eigenvalue weighted by Gasteiger charge is -2.22. The Morgan fingerprint density at radius 2 is 1.86 bits per heavy atom. The summed E-state index contributed by atoms with van der Waals surface area (Å²) in [5, 5.41) is 5.16. The molecule has 0 saturated heterocycles. The average Bonchev–Trinajstić information content (AvgIpc) is 2.51. The molecule has 0 aliphatic heterocycles. The van der Waals surface area contributed by atoms with E-state index in [1.165, 1.54) is 0 Å². The summed E-state index contributed by atoms with van der Waals surface area (Å²) in [6, 6.07) is 5.78. The Hall–Kier alpha value is -1.75. The summed E-state index contributed by atoms with van der Waals surface area (Å²) >= 11 is 5.52. The maximum atomic E-state index is 11.8. The number of nitrogens with zero attached hydrogens (tertiary/aromatic N) is 1. The molecule has 0 aliphatic carbocycles. The van der Waals surface area contributed by atoms with Crippen molar-refractivity contribution in [2.24, 2.45) is 0 Å². The Kier molecular flexibility index (Phi) is 7.74. The van der Waals surface area contributed by atoms with Crippen LogP contribution in [0.4, 0.5) is 11.4 Å². The molecule has 0 heterocycles. The molecule has 1 rings (SSSR count). The fourth-order valence-corrected chi connectivity index (χ4v) is 2.24. The largest absolute Gasteiger partial charge is 0.372 e. The van der Waals surface area contributed by atoms with E-state index in [4.69, 9.17) is 11.6 Å². The highest BCUT2D eigenvalue weighted by molar-refractivity contribution is 6.39. The van der Waals surface area contributed by atoms with Gasteiger partial charge in [0.15, 0.2) is 0 Å². The molecule has 0 spiro atoms. The molecule has 1 aromatic carbocycles. The number of amides is 2. The highest BCUT2D eigenvalue weighted by Gasteiger charge is 2.14. The van der Waals surface area contributed by atoms with Crippen molar-refractivity contribution in [1.82, 2.24) is 5.32 Å². The van der Waals surface area contributed by atoms with Crippen molar-refractivity contribution in [1.29, 1.82) is 0 Å². The van der Waals surface area contributed by atoms with E-state index in [9.17, 15) is 9.59 Å². The predicted octanol–water partition coefficient (Wildman–Crippen LogP) is 2.52. The van der Waals surface area contributed by atoms with Gasteiger partial charge in [-0.3, -0.25) is 9.59 Å². The van der Waals surface area contributed by atoms with Crippen LogP contribution >= 0.6 is 11.6 Å². The fraction of sp³-hybridized carbons (Fsp3) is 0.500. The molecule has 0 radical (unpaired) electrons. The van der Waals surface area contributed by atoms with Crippen molar-refractivity contribution in [2.75, 3.05) is 35.7 Å². The second kappa shape index (κ2) is 9.30. The number of hydrogen-bond donors (Lipinski definition) is 2. The van der Waals surface area contributed by atoms with Crippen LogP contribution in [0.25, 0.3) is 0 Å². The average molecular weight is 326 g/mol. The standard InChI is InChI=1S/C16H24ClN3O2/c1-4-20(5-2)13-7-8-14(12(3)11-13)19-16(22)15(21)18-10-6-9-17/h7-8,11H,4-6,9-10H2,1-3H3,(H,18,21)(H,19,22). The lowest BCUT2D eigenvalue weighted by Crippen LogP contribution is -2.36. The van der Waals surface area contributed by atoms with Crippen LogP contribution in [0.5, 0.6) is 0 Å². The number of aryl methyl sites for hydroxylation is 1. The van der Waals surface area contributed by atoms with Crippen LogP contribution in [-0.4, -0.2) is 37.3 Å². The summed E-state index contributed by atoms with van der Waals surface area (Å²) in [6.07, 6.45) is 0.637. The highest BCUT2D eigenvalue weighted by atomic mass is 35.5. The smallest absolute Gasteiger partial charge is 0.313 e. The molecule has 122 valence electrons. The molecule has 2 amide bonds. The third kappa shape index (κ3) is 5.22. The van der Waals surface area contributed by atoms with E-state index in [1.807, 2.05) is 25.1 Å². The summed E-state index contributed by atoms with van der Waals surface area (Å²) in [7, 11) is 0. The monoisotopic (exact) mass is 325 g/mol. The zero-order valence-electron chi connectivity index (χ0n) is 13.4. The van der Waals surface area contributed by atoms with Gasteiger partial charge in [-0.05, 0) is 51.0 Å². The molecule has 0 bridgehead atoms. The van der Waals surface area contributed by atoms with Gasteiger partial charge in [0, 0.05) is 36.9 Å². The number of carbonyl (C=O) groups excluding carboxylic acids is 2. The van der Waals surface area contributed by atoms with Crippen LogP contribution in [-0.2, 0) is 9.59 Å². The molecule has 1 aromatic rings. The Morgan fingerprint density at radius 3 is 2.41 bits per heavy atom. The van der Waals surface area contributed by atoms with Gasteiger partial charge in [-0.15, -0.1) is 11.6 Å². The Morgan fingerprint density at radius 1 is 1.18 bits per heavy atom. The third-order valence-electron chi connectivity index (χ3n) is 3.39. The number of hydrogen-bond acceptors (Lipinski definition) is 3. The molecule has 0 atom stereocenters. The van der Waals surface area contributed by atoms with Crippen LogP contribution in [0.1, 0.15) is 25.8 Å². The van der Waals surface area contributed by atoms with E-state index in [0.29, 0.717) is 24.5 Å². The molecule has 0 saturated carbocycles. The van der Waals surface area contributed by atoms with E-state index in [2.05, 4.69) is 29.4 Å². The molecular weight excluding hydrogens is 302 g/mol. The van der Waals surface area contributed by atoms with Gasteiger partial charge >= 0.3 is 11.8 Å². The Balaban J connectivity index is 2.70. The Bertz CT molecular complexity index is 516. The highest BCUT2D eigenvalue weighted by Crippen LogP contribution is 2.22. The van der Waals surface area contributed by atoms with E-state index < -0.39 is 11.8 Å². The zero-order chi connectivity index (χ0) is 16.5. The van der Waals surface area contributed by atoms with Crippen molar-refractivity contribution < 1.29 is 9.59 Å². The summed E-state index contributed by atoms with van der Waals surface area (Å²) in [5.74, 6) is -0.848. The van der Waals surface area contributed by atoms with Gasteiger partial charge in [-0.1, -0.05) is 0 Å². The number of anilines is 2. The van der Waals surface area contributed by atoms with Crippen LogP contribution < -0.4 is 15.5 Å². The van der Waals surface area contributed by atoms with E-state index >= 15 is 0 Å². The van der Waals surface area contributed by atoms with Gasteiger partial charge in [0.25, 0.3) is 0 Å². The first-order valence-electron chi connectivity index (χ1n) is 7.54. The first kappa shape index (κ1) is 18.3. The van der Waals surface area contributed by atoms with Gasteiger partial charge in [0.1, 0.15) is 0 Å². The maximum Gasteiger partial charge on any atom is 0.313 e. The number of benzene rings is 1. The van der Waals surface area contributed by atoms with E-state index in [1.54, 1.807) is 0 Å². The van der Waals surface area contributed by atoms with E-state index in [0.717, 1.165) is 24.3 Å². The first-order valence-corrected chi connectivity index (χ1v) is 8.07. The molecule has 2 N–H and O–H groups in total. The molecule has 0 fully saturated rings. The number of alkyl halides is 1. The van der Waals surface area contributed by atoms with Crippen LogP contribution in [0, 0.1) is 6.92 Å². The fourth-order valence-electron chi connectivity index (χ4n) is 2.10. The van der Waals surface area contributed by atoms with Gasteiger partial charge in [0.05, 0.1) is 0 Å². The minimum absolute atomic E-state index is 0.398. The quantitative estimate of drug-likeness (QED) is 0.460. The molecule has 6 heteroatoms. The predicted molar refractivity (Wildman–Crippen MR) is 91.7 cm³/mol. The van der Waals surface area contributed by atoms with Gasteiger partial charge < -0.3 is 15.5 Å². The molecule has 5 nitrogen and oxygen atoms in total. The molecule has 0 unspecified atom stereocenters. The van der Waals surface area contributed by atoms with Crippen molar-refractivity contribution in [3.05, 3.63) is 23.8 Å². The van der Waals surface area contributed by atoms with Gasteiger partial charge in [-0.2, -0.15) is 0 Å². The number of halogens is 1. The van der Waals surface area contributed by atoms with E-state index in [-0.39, 0.29) is 0 Å². The van der Waals surface area contributed by atoms with Crippen molar-refractivity contribution in [3.8, 4) is 0 Å². The minimum atomic E-state index is -0.659. The lowest BCUT2D eigenvalue weighted by molar-refractivity contribution is -0.136. The molecule has 0 aromatic heterocycles. The summed E-state index contributed by atoms with van der Waals surface area (Å²) in [6.45, 7) is 8.35. The topological polar surface area (TPSA) is 61.4 Å². The number of rotatable bonds is 7. The van der Waals surface area contributed by atoms with Crippen LogP contribution in [0.2, 0.25) is 0 Å². The molecular formula is C16H24ClN3O2. The van der Waals surface area contributed by atoms with Crippen LogP contribution in [0.15, 0.2) is 18.2 Å². The minimum Gasteiger partial charge on any atom is -0.372 e. The van der Waals surface area contributed by atoms with Gasteiger partial charge in [-0.25, -0.2) is 0 Å². The molecule has 22 heavy (non-hydrogen) atoms. The summed E-state index contributed by atoms with van der Waals surface area (Å²) in [5.41, 5.74) is 2.67. The number of carbonyl (C=O) groups is 2. The van der Waals surface area contributed by atoms with Crippen LogP contribution in [0.3, 0.4) is 0 Å². The third-order valence-corrected chi connectivity index (χ3v) is 3.66. The zero-order valence-corrected chi connectivity index (χ0v) is 14.2. The van der Waals surface area contributed by atoms with Gasteiger partial charge in [0.2, 0.25) is 0 Å². The second-order valence-corrected chi connectivity index (χ2v) is 5.30. The SMILES string of the molecule is CCN(CC)c1ccc(NC(=O)C(=O)NCCCCl)c(C)c1. The molecule has 0 aliphatic rings. The number of nitrogens with one attached hydrogen (secondary N) is 2. The second-order valence-electron chi connectivity index (χ2n) is 4.92. The van der Waals surface area contributed by atoms with Crippen molar-refractivity contribution >= 4 is 34.8 Å². The maximum absolute atomic E-state index is 11.8. The Labute approximate surface area is 137 Å². The normalized spacial score (nSPS) is 10.2. The first-order chi connectivity index (χ1) is 10.5. The van der Waals surface area contributed by atoms with Crippen molar-refractivity contribution in [3.63, 3.8) is 0 Å². The van der Waals surface area contributed by atoms with Crippen molar-refractivity contribution in [2.45, 2.75) is 27.2 Å². The lowest BCUT2D eigenvalue weighted by atomic mass is 10.1. The summed E-state index contributed by atoms with van der Waals surface area (Å²) in [4.78, 5) is 25.7. The summed E-state index contributed by atoms with van der Waals surface area (Å²) < 4.78 is 0.